The van der Waals surface area contributed by atoms with Crippen LogP contribution in [0.2, 0.25) is 0 Å². The quantitative estimate of drug-likeness (QED) is 0.663. The van der Waals surface area contributed by atoms with Crippen molar-refractivity contribution in [3.8, 4) is 17.2 Å². The van der Waals surface area contributed by atoms with Crippen LogP contribution in [0.5, 0.6) is 0 Å². The molecule has 0 unspecified atom stereocenters. The number of hydrogen-bond donors (Lipinski definition) is 0. The van der Waals surface area contributed by atoms with Crippen LogP contribution in [0.25, 0.3) is 22.2 Å². The monoisotopic (exact) mass is 361 g/mol. The van der Waals surface area contributed by atoms with Gasteiger partial charge in [0.2, 0.25) is 0 Å². The number of oxazole rings is 1. The maximum absolute atomic E-state index is 8.94. The zero-order chi connectivity index (χ0) is 18.6. The van der Waals surface area contributed by atoms with Gasteiger partial charge >= 0.3 is 0 Å². The molecule has 1 fully saturated rings. The molecule has 138 valence electrons. The van der Waals surface area contributed by atoms with Crippen molar-refractivity contribution >= 4 is 11.1 Å². The van der Waals surface area contributed by atoms with Gasteiger partial charge in [-0.2, -0.15) is 5.26 Å². The van der Waals surface area contributed by atoms with Gasteiger partial charge in [0, 0.05) is 26.1 Å². The summed E-state index contributed by atoms with van der Waals surface area (Å²) in [4.78, 5) is 7.16. The van der Waals surface area contributed by atoms with Crippen LogP contribution in [-0.2, 0) is 11.2 Å². The molecule has 1 saturated heterocycles. The molecule has 27 heavy (non-hydrogen) atoms. The molecule has 5 heteroatoms. The van der Waals surface area contributed by atoms with Crippen molar-refractivity contribution in [2.45, 2.75) is 25.3 Å². The normalized spacial score (nSPS) is 17.4. The molecule has 3 aromatic rings. The Bertz CT molecular complexity index is 956. The molecule has 1 aliphatic heterocycles. The van der Waals surface area contributed by atoms with Crippen molar-refractivity contribution in [1.82, 2.24) is 9.88 Å². The minimum absolute atomic E-state index is 0.516. The average molecular weight is 361 g/mol. The zero-order valence-electron chi connectivity index (χ0n) is 15.5. The van der Waals surface area contributed by atoms with Crippen molar-refractivity contribution in [3.05, 3.63) is 53.9 Å². The lowest BCUT2D eigenvalue weighted by molar-refractivity contribution is 0.115. The Labute approximate surface area is 159 Å². The SMILES string of the molecule is COC[C@@H]1CCCN1CCc1nc2cc(-c3ccc(C#N)cc3)ccc2o1. The molecule has 0 radical (unpaired) electrons. The van der Waals surface area contributed by atoms with Crippen LogP contribution < -0.4 is 0 Å². The minimum atomic E-state index is 0.516. The van der Waals surface area contributed by atoms with Crippen LogP contribution in [0.15, 0.2) is 46.9 Å². The highest BCUT2D eigenvalue weighted by Gasteiger charge is 2.24. The fourth-order valence-corrected chi connectivity index (χ4v) is 3.81. The van der Waals surface area contributed by atoms with Gasteiger partial charge in [0.15, 0.2) is 11.5 Å². The van der Waals surface area contributed by atoms with Crippen LogP contribution in [0.3, 0.4) is 0 Å². The highest BCUT2D eigenvalue weighted by atomic mass is 16.5. The first-order valence-electron chi connectivity index (χ1n) is 9.40. The lowest BCUT2D eigenvalue weighted by Gasteiger charge is -2.22. The van der Waals surface area contributed by atoms with Crippen LogP contribution in [0.1, 0.15) is 24.3 Å². The van der Waals surface area contributed by atoms with Gasteiger partial charge in [-0.05, 0) is 54.8 Å². The second-order valence-electron chi connectivity index (χ2n) is 7.02. The Kier molecular flexibility index (Phi) is 5.19. The van der Waals surface area contributed by atoms with Gasteiger partial charge in [-0.1, -0.05) is 18.2 Å². The number of hydrogen-bond acceptors (Lipinski definition) is 5. The Morgan fingerprint density at radius 2 is 2.04 bits per heavy atom. The first-order valence-corrected chi connectivity index (χ1v) is 9.40. The van der Waals surface area contributed by atoms with Crippen molar-refractivity contribution in [2.75, 3.05) is 26.8 Å². The molecule has 2 heterocycles. The minimum Gasteiger partial charge on any atom is -0.441 e. The summed E-state index contributed by atoms with van der Waals surface area (Å²) in [6.45, 7) is 2.86. The fourth-order valence-electron chi connectivity index (χ4n) is 3.81. The second-order valence-corrected chi connectivity index (χ2v) is 7.02. The van der Waals surface area contributed by atoms with Gasteiger partial charge in [-0.15, -0.1) is 0 Å². The molecule has 0 bridgehead atoms. The average Bonchev–Trinajstić information content (AvgIpc) is 3.32. The highest BCUT2D eigenvalue weighted by molar-refractivity contribution is 5.80. The van der Waals surface area contributed by atoms with E-state index in [4.69, 9.17) is 14.4 Å². The topological polar surface area (TPSA) is 62.3 Å². The fraction of sp³-hybridized carbons (Fsp3) is 0.364. The van der Waals surface area contributed by atoms with Crippen LogP contribution in [0.4, 0.5) is 0 Å². The summed E-state index contributed by atoms with van der Waals surface area (Å²) in [5.41, 5.74) is 4.50. The number of rotatable bonds is 6. The first kappa shape index (κ1) is 17.7. The van der Waals surface area contributed by atoms with E-state index >= 15 is 0 Å². The Morgan fingerprint density at radius 1 is 1.22 bits per heavy atom. The number of ether oxygens (including phenoxy) is 1. The number of methoxy groups -OCH3 is 1. The predicted molar refractivity (Wildman–Crippen MR) is 104 cm³/mol. The number of nitriles is 1. The smallest absolute Gasteiger partial charge is 0.196 e. The van der Waals surface area contributed by atoms with Gasteiger partial charge in [0.25, 0.3) is 0 Å². The molecule has 0 spiro atoms. The third-order valence-corrected chi connectivity index (χ3v) is 5.25. The number of benzene rings is 2. The first-order chi connectivity index (χ1) is 13.3. The molecule has 1 aliphatic rings. The molecule has 0 aliphatic carbocycles. The predicted octanol–water partition coefficient (Wildman–Crippen LogP) is 4.02. The van der Waals surface area contributed by atoms with Gasteiger partial charge in [-0.3, -0.25) is 4.90 Å². The van der Waals surface area contributed by atoms with Crippen molar-refractivity contribution < 1.29 is 9.15 Å². The number of nitrogens with zero attached hydrogens (tertiary/aromatic N) is 3. The van der Waals surface area contributed by atoms with Crippen LogP contribution in [0, 0.1) is 11.3 Å². The summed E-state index contributed by atoms with van der Waals surface area (Å²) in [5, 5.41) is 8.94. The van der Waals surface area contributed by atoms with E-state index in [1.807, 2.05) is 42.5 Å². The standard InChI is InChI=1S/C22H23N3O2/c1-26-15-19-3-2-11-25(19)12-10-22-24-20-13-18(8-9-21(20)27-22)17-6-4-16(14-23)5-7-17/h4-9,13,19H,2-3,10-12,15H2,1H3/t19-/m0/s1. The number of fused-ring (bicyclic) bond motifs is 1. The summed E-state index contributed by atoms with van der Waals surface area (Å²) in [6, 6.07) is 16.3. The molecule has 0 N–H and O–H groups in total. The lowest BCUT2D eigenvalue weighted by atomic mass is 10.0. The third-order valence-electron chi connectivity index (χ3n) is 5.25. The van der Waals surface area contributed by atoms with E-state index in [0.29, 0.717) is 11.6 Å². The maximum atomic E-state index is 8.94. The van der Waals surface area contributed by atoms with E-state index < -0.39 is 0 Å². The molecule has 1 aromatic heterocycles. The molecule has 0 amide bonds. The summed E-state index contributed by atoms with van der Waals surface area (Å²) >= 11 is 0. The molecule has 1 atom stereocenters. The molecule has 0 saturated carbocycles. The lowest BCUT2D eigenvalue weighted by Crippen LogP contribution is -2.34. The largest absolute Gasteiger partial charge is 0.441 e. The van der Waals surface area contributed by atoms with E-state index in [2.05, 4.69) is 16.0 Å². The van der Waals surface area contributed by atoms with Crippen molar-refractivity contribution in [1.29, 1.82) is 5.26 Å². The molecular formula is C22H23N3O2. The van der Waals surface area contributed by atoms with E-state index in [1.165, 1.54) is 12.8 Å². The summed E-state index contributed by atoms with van der Waals surface area (Å²) in [7, 11) is 1.77. The highest BCUT2D eigenvalue weighted by Crippen LogP contribution is 2.26. The summed E-state index contributed by atoms with van der Waals surface area (Å²) < 4.78 is 11.3. The second kappa shape index (κ2) is 7.91. The summed E-state index contributed by atoms with van der Waals surface area (Å²) in [6.07, 6.45) is 3.24. The van der Waals surface area contributed by atoms with Gasteiger partial charge in [-0.25, -0.2) is 4.98 Å². The van der Waals surface area contributed by atoms with Gasteiger partial charge in [0.05, 0.1) is 18.2 Å². The maximum Gasteiger partial charge on any atom is 0.196 e. The van der Waals surface area contributed by atoms with E-state index in [0.717, 1.165) is 54.2 Å². The van der Waals surface area contributed by atoms with E-state index in [-0.39, 0.29) is 0 Å². The van der Waals surface area contributed by atoms with Gasteiger partial charge < -0.3 is 9.15 Å². The molecule has 2 aromatic carbocycles. The van der Waals surface area contributed by atoms with E-state index in [1.54, 1.807) is 7.11 Å². The zero-order valence-corrected chi connectivity index (χ0v) is 15.5. The van der Waals surface area contributed by atoms with Crippen LogP contribution in [-0.4, -0.2) is 42.7 Å². The molecule has 5 nitrogen and oxygen atoms in total. The van der Waals surface area contributed by atoms with Gasteiger partial charge in [0.1, 0.15) is 5.52 Å². The summed E-state index contributed by atoms with van der Waals surface area (Å²) in [5.74, 6) is 0.782. The number of aromatic nitrogens is 1. The Balaban J connectivity index is 1.48. The Morgan fingerprint density at radius 3 is 2.81 bits per heavy atom. The Hall–Kier alpha value is -2.68. The van der Waals surface area contributed by atoms with Crippen LogP contribution >= 0.6 is 0 Å². The van der Waals surface area contributed by atoms with Crippen molar-refractivity contribution in [2.24, 2.45) is 0 Å². The molecular weight excluding hydrogens is 338 g/mol. The van der Waals surface area contributed by atoms with Crippen molar-refractivity contribution in [3.63, 3.8) is 0 Å². The van der Waals surface area contributed by atoms with E-state index in [9.17, 15) is 0 Å². The number of likely N-dealkylation sites (tertiary alicyclic amines) is 1. The molecule has 4 rings (SSSR count). The third kappa shape index (κ3) is 3.87.